The number of fused-ring (bicyclic) bond motifs is 2. The van der Waals surface area contributed by atoms with Crippen LogP contribution in [0, 0.1) is 5.82 Å². The minimum atomic E-state index is -4.58. The summed E-state index contributed by atoms with van der Waals surface area (Å²) < 4.78 is 57.9. The minimum absolute atomic E-state index is 0.0492. The van der Waals surface area contributed by atoms with Crippen molar-refractivity contribution < 1.29 is 31.9 Å². The van der Waals surface area contributed by atoms with E-state index in [2.05, 4.69) is 5.32 Å². The molecule has 2 aliphatic rings. The van der Waals surface area contributed by atoms with Crippen molar-refractivity contribution >= 4 is 17.6 Å². The van der Waals surface area contributed by atoms with Crippen molar-refractivity contribution in [2.24, 2.45) is 0 Å². The van der Waals surface area contributed by atoms with E-state index in [0.29, 0.717) is 5.69 Å². The van der Waals surface area contributed by atoms with Crippen LogP contribution in [0.25, 0.3) is 0 Å². The van der Waals surface area contributed by atoms with Crippen LogP contribution < -0.4 is 10.1 Å². The summed E-state index contributed by atoms with van der Waals surface area (Å²) in [5, 5.41) is 2.64. The maximum Gasteiger partial charge on any atom is 0.416 e. The number of ether oxygens (including phenoxy) is 1. The molecule has 0 aromatic heterocycles. The van der Waals surface area contributed by atoms with Crippen LogP contribution >= 0.6 is 0 Å². The van der Waals surface area contributed by atoms with Crippen LogP contribution in [0.3, 0.4) is 0 Å². The Bertz CT molecular complexity index is 994. The molecule has 2 heterocycles. The summed E-state index contributed by atoms with van der Waals surface area (Å²) in [4.78, 5) is 28.1. The number of likely N-dealkylation sites (tertiary alicyclic amines) is 1. The molecule has 1 N–H and O–H groups in total. The second-order valence-corrected chi connectivity index (χ2v) is 7.19. The summed E-state index contributed by atoms with van der Waals surface area (Å²) in [5.41, 5.74) is -0.688. The van der Waals surface area contributed by atoms with E-state index in [4.69, 9.17) is 4.74 Å². The third kappa shape index (κ3) is 3.64. The summed E-state index contributed by atoms with van der Waals surface area (Å²) >= 11 is 0. The van der Waals surface area contributed by atoms with E-state index in [-0.39, 0.29) is 24.4 Å². The van der Waals surface area contributed by atoms with Gasteiger partial charge in [0.2, 0.25) is 0 Å². The zero-order chi connectivity index (χ0) is 21.6. The molecule has 30 heavy (non-hydrogen) atoms. The van der Waals surface area contributed by atoms with E-state index in [0.717, 1.165) is 18.2 Å². The average molecular weight is 423 g/mol. The second-order valence-electron chi connectivity index (χ2n) is 7.19. The van der Waals surface area contributed by atoms with Crippen molar-refractivity contribution in [1.82, 2.24) is 9.80 Å². The molecular weight excluding hydrogens is 406 g/mol. The van der Waals surface area contributed by atoms with Crippen molar-refractivity contribution in [2.75, 3.05) is 25.5 Å². The standard InChI is InChI=1S/C20H17F4N3O3/c1-26-15-9-27(19(29)25-13-5-3-12(21)4-6-13)10-17(15)30-16-7-2-11(20(22,23)24)8-14(16)18(26)28/h2-8,15,17H,9-10H2,1H3,(H,25,29). The third-order valence-corrected chi connectivity index (χ3v) is 5.25. The highest BCUT2D eigenvalue weighted by Gasteiger charge is 2.44. The van der Waals surface area contributed by atoms with Gasteiger partial charge in [0.25, 0.3) is 5.91 Å². The molecule has 2 aliphatic heterocycles. The number of hydrogen-bond acceptors (Lipinski definition) is 3. The number of nitrogens with one attached hydrogen (secondary N) is 1. The molecule has 3 amide bonds. The summed E-state index contributed by atoms with van der Waals surface area (Å²) in [6.45, 7) is 0.274. The van der Waals surface area contributed by atoms with Crippen LogP contribution in [0.4, 0.5) is 28.0 Å². The maximum absolute atomic E-state index is 13.0. The molecule has 1 fully saturated rings. The number of amides is 3. The van der Waals surface area contributed by atoms with Gasteiger partial charge in [0.15, 0.2) is 0 Å². The van der Waals surface area contributed by atoms with Gasteiger partial charge in [0, 0.05) is 19.3 Å². The first-order valence-corrected chi connectivity index (χ1v) is 9.10. The quantitative estimate of drug-likeness (QED) is 0.714. The number of urea groups is 1. The lowest BCUT2D eigenvalue weighted by Crippen LogP contribution is -2.44. The lowest BCUT2D eigenvalue weighted by molar-refractivity contribution is -0.137. The molecule has 6 nitrogen and oxygen atoms in total. The number of rotatable bonds is 1. The fraction of sp³-hybridized carbons (Fsp3) is 0.300. The molecule has 0 spiro atoms. The zero-order valence-electron chi connectivity index (χ0n) is 15.7. The van der Waals surface area contributed by atoms with E-state index in [9.17, 15) is 27.2 Å². The largest absolute Gasteiger partial charge is 0.486 e. The molecule has 0 radical (unpaired) electrons. The smallest absolute Gasteiger partial charge is 0.416 e. The molecule has 1 saturated heterocycles. The van der Waals surface area contributed by atoms with Crippen molar-refractivity contribution in [2.45, 2.75) is 18.3 Å². The minimum Gasteiger partial charge on any atom is -0.486 e. The van der Waals surface area contributed by atoms with E-state index >= 15 is 0 Å². The Hall–Kier alpha value is -3.30. The Labute approximate surface area is 169 Å². The number of hydrogen-bond donors (Lipinski definition) is 1. The van der Waals surface area contributed by atoms with Gasteiger partial charge in [-0.15, -0.1) is 0 Å². The van der Waals surface area contributed by atoms with Gasteiger partial charge >= 0.3 is 12.2 Å². The molecular formula is C20H17F4N3O3. The van der Waals surface area contributed by atoms with Crippen molar-refractivity contribution in [3.63, 3.8) is 0 Å². The summed E-state index contributed by atoms with van der Waals surface area (Å²) in [7, 11) is 1.47. The molecule has 0 saturated carbocycles. The molecule has 10 heteroatoms. The van der Waals surface area contributed by atoms with Gasteiger partial charge in [-0.1, -0.05) is 0 Å². The van der Waals surface area contributed by atoms with Crippen molar-refractivity contribution in [3.05, 3.63) is 59.4 Å². The van der Waals surface area contributed by atoms with E-state index in [1.165, 1.54) is 41.1 Å². The molecule has 2 aromatic rings. The van der Waals surface area contributed by atoms with E-state index < -0.39 is 41.6 Å². The first-order chi connectivity index (χ1) is 14.1. The van der Waals surface area contributed by atoms with Gasteiger partial charge in [-0.3, -0.25) is 4.79 Å². The summed E-state index contributed by atoms with van der Waals surface area (Å²) in [6, 6.07) is 7.06. The molecule has 2 aromatic carbocycles. The van der Waals surface area contributed by atoms with Crippen LogP contribution in [0.1, 0.15) is 15.9 Å². The number of halogens is 4. The fourth-order valence-corrected chi connectivity index (χ4v) is 3.63. The Morgan fingerprint density at radius 3 is 2.50 bits per heavy atom. The topological polar surface area (TPSA) is 61.9 Å². The highest BCUT2D eigenvalue weighted by Crippen LogP contribution is 2.36. The van der Waals surface area contributed by atoms with E-state index in [1.54, 1.807) is 0 Å². The number of carbonyl (C=O) groups excluding carboxylic acids is 2. The maximum atomic E-state index is 13.0. The van der Waals surface area contributed by atoms with Crippen LogP contribution in [0.2, 0.25) is 0 Å². The van der Waals surface area contributed by atoms with Gasteiger partial charge < -0.3 is 19.9 Å². The SMILES string of the molecule is CN1C(=O)c2cc(C(F)(F)F)ccc2OC2CN(C(=O)Nc3ccc(F)cc3)CC21. The summed E-state index contributed by atoms with van der Waals surface area (Å²) in [5.74, 6) is -0.991. The number of likely N-dealkylation sites (N-methyl/N-ethyl adjacent to an activating group) is 1. The number of benzene rings is 2. The first-order valence-electron chi connectivity index (χ1n) is 9.10. The average Bonchev–Trinajstić information content (AvgIpc) is 3.08. The van der Waals surface area contributed by atoms with Gasteiger partial charge in [0.1, 0.15) is 17.7 Å². The van der Waals surface area contributed by atoms with Gasteiger partial charge in [0.05, 0.1) is 23.7 Å². The lowest BCUT2D eigenvalue weighted by Gasteiger charge is -2.25. The fourth-order valence-electron chi connectivity index (χ4n) is 3.63. The highest BCUT2D eigenvalue weighted by atomic mass is 19.4. The van der Waals surface area contributed by atoms with Crippen molar-refractivity contribution in [1.29, 1.82) is 0 Å². The third-order valence-electron chi connectivity index (χ3n) is 5.25. The van der Waals surface area contributed by atoms with Crippen LogP contribution in [0.5, 0.6) is 5.75 Å². The predicted molar refractivity (Wildman–Crippen MR) is 98.7 cm³/mol. The van der Waals surface area contributed by atoms with Crippen molar-refractivity contribution in [3.8, 4) is 5.75 Å². The van der Waals surface area contributed by atoms with Gasteiger partial charge in [-0.25, -0.2) is 9.18 Å². The molecule has 2 atom stereocenters. The molecule has 4 rings (SSSR count). The van der Waals surface area contributed by atoms with E-state index in [1.807, 2.05) is 0 Å². The van der Waals surface area contributed by atoms with Crippen LogP contribution in [-0.2, 0) is 6.18 Å². The number of carbonyl (C=O) groups is 2. The molecule has 2 unspecified atom stereocenters. The van der Waals surface area contributed by atoms with Crippen LogP contribution in [-0.4, -0.2) is 54.0 Å². The summed E-state index contributed by atoms with van der Waals surface area (Å²) in [6.07, 6.45) is -5.18. The number of anilines is 1. The van der Waals surface area contributed by atoms with Gasteiger partial charge in [-0.2, -0.15) is 13.2 Å². The lowest BCUT2D eigenvalue weighted by atomic mass is 10.1. The molecule has 158 valence electrons. The Morgan fingerprint density at radius 1 is 1.13 bits per heavy atom. The monoisotopic (exact) mass is 423 g/mol. The van der Waals surface area contributed by atoms with Crippen LogP contribution in [0.15, 0.2) is 42.5 Å². The van der Waals surface area contributed by atoms with Gasteiger partial charge in [-0.05, 0) is 42.5 Å². The Balaban J connectivity index is 1.54. The highest BCUT2D eigenvalue weighted by molar-refractivity contribution is 5.98. The Morgan fingerprint density at radius 2 is 1.83 bits per heavy atom. The predicted octanol–water partition coefficient (Wildman–Crippen LogP) is 3.59. The first kappa shape index (κ1) is 20.0. The zero-order valence-corrected chi connectivity index (χ0v) is 15.7. The normalized spacial score (nSPS) is 20.9. The molecule has 0 aliphatic carbocycles. The Kier molecular flexibility index (Phi) is 4.79. The number of alkyl halides is 3. The molecule has 0 bridgehead atoms. The second kappa shape index (κ2) is 7.19. The number of nitrogens with zero attached hydrogens (tertiary/aromatic N) is 2.